The molecular formula is C28H19N. The van der Waals surface area contributed by atoms with E-state index in [1.165, 1.54) is 0 Å². The molecule has 136 valence electrons. The SMILES string of the molecule is [2H]c1c([2H])c([2H])c(N(c2c([2H])c([2H])c([2H])c([2H])c2[2H])c2c([2H])c([2H])c3c([2H])c([2H])c4c([2H])c([2H])c([2H])c5c([2H])c([2H])c2c3c45)c([2H])c1[2H]. The number of anilines is 3. The topological polar surface area (TPSA) is 3.24 Å². The standard InChI is InChI=1S/C28H19N/c1-3-10-23(11-4-1)29(24-12-5-2-6-13-24)26-19-17-22-15-14-20-8-7-9-21-16-18-25(26)28(22)27(20)21/h1-19H/i1D,2D,3D,4D,5D,6D,7D,8D,9D,10D,11D,12D,13D,14D,15D,16D,17D,18D,19D. The van der Waals surface area contributed by atoms with Crippen LogP contribution in [0.1, 0.15) is 26.0 Å². The number of rotatable bonds is 3. The summed E-state index contributed by atoms with van der Waals surface area (Å²) in [4.78, 5) is 0.592. The van der Waals surface area contributed by atoms with Crippen molar-refractivity contribution in [2.45, 2.75) is 0 Å². The maximum absolute atomic E-state index is 9.15. The second-order valence-corrected chi connectivity index (χ2v) is 6.01. The third-order valence-electron chi connectivity index (χ3n) is 4.44. The van der Waals surface area contributed by atoms with Crippen LogP contribution in [0.15, 0.2) is 115 Å². The highest BCUT2D eigenvalue weighted by Gasteiger charge is 2.17. The Kier molecular flexibility index (Phi) is 1.33. The van der Waals surface area contributed by atoms with Gasteiger partial charge in [0.2, 0.25) is 0 Å². The van der Waals surface area contributed by atoms with E-state index in [-0.39, 0.29) is 21.5 Å². The molecule has 0 saturated carbocycles. The first-order valence-corrected chi connectivity index (χ1v) is 8.42. The van der Waals surface area contributed by atoms with Crippen molar-refractivity contribution in [3.63, 3.8) is 0 Å². The fraction of sp³-hybridized carbons (Fsp3) is 0. The molecule has 0 heterocycles. The molecule has 1 heteroatoms. The number of hydrogen-bond acceptors (Lipinski definition) is 1. The molecule has 6 aromatic carbocycles. The maximum atomic E-state index is 9.15. The Labute approximate surface area is 196 Å². The molecule has 1 nitrogen and oxygen atoms in total. The molecule has 0 aliphatic carbocycles. The summed E-state index contributed by atoms with van der Waals surface area (Å²) in [6.45, 7) is 0. The summed E-state index contributed by atoms with van der Waals surface area (Å²) >= 11 is 0. The third-order valence-corrected chi connectivity index (χ3v) is 4.44. The Morgan fingerprint density at radius 2 is 0.966 bits per heavy atom. The largest absolute Gasteiger partial charge is 0.310 e. The molecule has 0 spiro atoms. The second kappa shape index (κ2) is 6.35. The molecule has 0 bridgehead atoms. The van der Waals surface area contributed by atoms with Crippen LogP contribution in [0.4, 0.5) is 17.1 Å². The molecule has 0 radical (unpaired) electrons. The van der Waals surface area contributed by atoms with Gasteiger partial charge in [0.1, 0.15) is 0 Å². The molecule has 0 amide bonds. The van der Waals surface area contributed by atoms with Crippen LogP contribution in [0.3, 0.4) is 0 Å². The van der Waals surface area contributed by atoms with E-state index >= 15 is 0 Å². The summed E-state index contributed by atoms with van der Waals surface area (Å²) in [5, 5.41) is -2.23. The van der Waals surface area contributed by atoms with E-state index in [1.807, 2.05) is 0 Å². The van der Waals surface area contributed by atoms with Crippen LogP contribution >= 0.6 is 0 Å². The van der Waals surface area contributed by atoms with Crippen LogP contribution in [0, 0.1) is 0 Å². The van der Waals surface area contributed by atoms with Gasteiger partial charge in [-0.2, -0.15) is 0 Å². The van der Waals surface area contributed by atoms with Gasteiger partial charge < -0.3 is 4.90 Å². The van der Waals surface area contributed by atoms with Gasteiger partial charge in [0, 0.05) is 16.8 Å². The zero-order valence-electron chi connectivity index (χ0n) is 33.4. The molecular weight excluding hydrogens is 350 g/mol. The predicted molar refractivity (Wildman–Crippen MR) is 125 cm³/mol. The summed E-state index contributed by atoms with van der Waals surface area (Å²) < 4.78 is 163. The van der Waals surface area contributed by atoms with E-state index in [9.17, 15) is 0 Å². The van der Waals surface area contributed by atoms with Crippen LogP contribution in [0.5, 0.6) is 0 Å². The average molecular weight is 389 g/mol. The molecule has 0 N–H and O–H groups in total. The lowest BCUT2D eigenvalue weighted by Gasteiger charge is -2.27. The fourth-order valence-corrected chi connectivity index (χ4v) is 3.26. The normalized spacial score (nSPS) is 20.6. The van der Waals surface area contributed by atoms with Crippen molar-refractivity contribution >= 4 is 49.4 Å². The Morgan fingerprint density at radius 1 is 0.448 bits per heavy atom. The highest BCUT2D eigenvalue weighted by atomic mass is 15.1. The van der Waals surface area contributed by atoms with Gasteiger partial charge in [-0.05, 0) is 57.1 Å². The van der Waals surface area contributed by atoms with Crippen LogP contribution in [-0.4, -0.2) is 0 Å². The van der Waals surface area contributed by atoms with E-state index < -0.39 is 143 Å². The number of hydrogen-bond donors (Lipinski definition) is 0. The molecule has 0 saturated heterocycles. The lowest BCUT2D eigenvalue weighted by atomic mass is 9.93. The van der Waals surface area contributed by atoms with E-state index in [0.29, 0.717) is 4.90 Å². The first-order valence-electron chi connectivity index (χ1n) is 17.9. The zero-order chi connectivity index (χ0) is 35.7. The van der Waals surface area contributed by atoms with E-state index in [2.05, 4.69) is 0 Å². The third kappa shape index (κ3) is 2.48. The highest BCUT2D eigenvalue weighted by Crippen LogP contribution is 2.43. The van der Waals surface area contributed by atoms with Crippen LogP contribution in [-0.2, 0) is 0 Å². The van der Waals surface area contributed by atoms with Crippen molar-refractivity contribution < 1.29 is 26.0 Å². The first-order chi connectivity index (χ1) is 22.3. The minimum absolute atomic E-state index is 0.246. The summed E-state index contributed by atoms with van der Waals surface area (Å²) in [5.74, 6) is 0. The van der Waals surface area contributed by atoms with Crippen LogP contribution < -0.4 is 4.90 Å². The van der Waals surface area contributed by atoms with Crippen molar-refractivity contribution in [3.05, 3.63) is 115 Å². The van der Waals surface area contributed by atoms with Crippen molar-refractivity contribution in [3.8, 4) is 0 Å². The van der Waals surface area contributed by atoms with Crippen LogP contribution in [0.2, 0.25) is 0 Å². The first kappa shape index (κ1) is 6.08. The predicted octanol–water partition coefficient (Wildman–Crippen LogP) is 8.05. The summed E-state index contributed by atoms with van der Waals surface area (Å²) in [6, 6.07) is -15.7. The lowest BCUT2D eigenvalue weighted by molar-refractivity contribution is 1.30. The minimum Gasteiger partial charge on any atom is -0.310 e. The Bertz CT molecular complexity index is 2300. The lowest BCUT2D eigenvalue weighted by Crippen LogP contribution is -2.10. The van der Waals surface area contributed by atoms with Gasteiger partial charge >= 0.3 is 0 Å². The van der Waals surface area contributed by atoms with Gasteiger partial charge in [-0.25, -0.2) is 0 Å². The van der Waals surface area contributed by atoms with Gasteiger partial charge in [0.15, 0.2) is 0 Å². The molecule has 6 aromatic rings. The monoisotopic (exact) mass is 388 g/mol. The minimum atomic E-state index is -0.947. The average Bonchev–Trinajstić information content (AvgIpc) is 3.05. The zero-order valence-corrected chi connectivity index (χ0v) is 14.4. The Balaban J connectivity index is 2.03. The van der Waals surface area contributed by atoms with Gasteiger partial charge in [0.25, 0.3) is 0 Å². The quantitative estimate of drug-likeness (QED) is 0.277. The smallest absolute Gasteiger partial charge is 0.0645 e. The maximum Gasteiger partial charge on any atom is 0.0645 e. The molecule has 0 fully saturated rings. The molecule has 6 rings (SSSR count). The van der Waals surface area contributed by atoms with E-state index in [4.69, 9.17) is 26.0 Å². The van der Waals surface area contributed by atoms with Crippen molar-refractivity contribution in [2.24, 2.45) is 0 Å². The van der Waals surface area contributed by atoms with E-state index in [0.717, 1.165) is 0 Å². The molecule has 0 aliphatic heterocycles. The second-order valence-electron chi connectivity index (χ2n) is 6.01. The Hall–Kier alpha value is -3.84. The Morgan fingerprint density at radius 3 is 1.59 bits per heavy atom. The van der Waals surface area contributed by atoms with Crippen LogP contribution in [0.25, 0.3) is 32.3 Å². The van der Waals surface area contributed by atoms with Gasteiger partial charge in [-0.15, -0.1) is 0 Å². The van der Waals surface area contributed by atoms with Crippen molar-refractivity contribution in [2.75, 3.05) is 4.90 Å². The molecule has 29 heavy (non-hydrogen) atoms. The molecule has 0 aromatic heterocycles. The highest BCUT2D eigenvalue weighted by molar-refractivity contribution is 6.25. The van der Waals surface area contributed by atoms with Crippen molar-refractivity contribution in [1.82, 2.24) is 0 Å². The molecule has 0 unspecified atom stereocenters. The molecule has 0 atom stereocenters. The van der Waals surface area contributed by atoms with Gasteiger partial charge in [-0.1, -0.05) is 84.6 Å². The summed E-state index contributed by atoms with van der Waals surface area (Å²) in [5.41, 5.74) is -2.37. The fourth-order valence-electron chi connectivity index (χ4n) is 3.26. The summed E-state index contributed by atoms with van der Waals surface area (Å²) in [7, 11) is 0. The number of benzene rings is 6. The number of nitrogens with zero attached hydrogens (tertiary/aromatic N) is 1. The number of para-hydroxylation sites is 2. The van der Waals surface area contributed by atoms with Gasteiger partial charge in [-0.3, -0.25) is 0 Å². The molecule has 0 aliphatic rings. The van der Waals surface area contributed by atoms with Gasteiger partial charge in [0.05, 0.1) is 31.7 Å². The van der Waals surface area contributed by atoms with Crippen molar-refractivity contribution in [1.29, 1.82) is 0 Å². The summed E-state index contributed by atoms with van der Waals surface area (Å²) in [6.07, 6.45) is 0. The van der Waals surface area contributed by atoms with E-state index in [1.54, 1.807) is 0 Å².